The number of fused-ring (bicyclic) bond motifs is 3. The number of anilines is 12. The quantitative estimate of drug-likeness (QED) is 0.121. The molecule has 0 saturated heterocycles. The van der Waals surface area contributed by atoms with E-state index in [9.17, 15) is 0 Å². The highest BCUT2D eigenvalue weighted by molar-refractivity contribution is 5.92. The van der Waals surface area contributed by atoms with Crippen molar-refractivity contribution in [1.29, 1.82) is 0 Å². The minimum atomic E-state index is 1.05. The predicted molar refractivity (Wildman–Crippen MR) is 298 cm³/mol. The summed E-state index contributed by atoms with van der Waals surface area (Å²) in [5, 5.41) is 4.85. The van der Waals surface area contributed by atoms with Gasteiger partial charge < -0.3 is 19.6 Å². The van der Waals surface area contributed by atoms with Gasteiger partial charge in [-0.1, -0.05) is 133 Å². The van der Waals surface area contributed by atoms with Crippen LogP contribution < -0.4 is 19.6 Å². The molecule has 1 aliphatic rings. The first kappa shape index (κ1) is 42.2. The fourth-order valence-corrected chi connectivity index (χ4v) is 9.96. The lowest BCUT2D eigenvalue weighted by Gasteiger charge is -2.30. The van der Waals surface area contributed by atoms with Crippen LogP contribution in [0, 0.1) is 0 Å². The zero-order chi connectivity index (χ0) is 46.6. The highest BCUT2D eigenvalue weighted by Crippen LogP contribution is 2.44. The van der Waals surface area contributed by atoms with E-state index in [1.165, 1.54) is 32.7 Å². The molecule has 70 heavy (non-hydrogen) atoms. The van der Waals surface area contributed by atoms with E-state index in [0.29, 0.717) is 0 Å². The number of nitrogens with zero attached hydrogens (tertiary/aromatic N) is 4. The largest absolute Gasteiger partial charge is 0.310 e. The monoisotopic (exact) mass is 898 g/mol. The molecular weight excluding hydrogens is 849 g/mol. The van der Waals surface area contributed by atoms with Gasteiger partial charge in [-0.05, 0) is 191 Å². The summed E-state index contributed by atoms with van der Waals surface area (Å²) in [6.45, 7) is 0. The third-order valence-electron chi connectivity index (χ3n) is 13.4. The summed E-state index contributed by atoms with van der Waals surface area (Å²) >= 11 is 0. The zero-order valence-corrected chi connectivity index (χ0v) is 38.8. The summed E-state index contributed by atoms with van der Waals surface area (Å²) in [5.41, 5.74) is 15.8. The number of rotatable bonds is 12. The smallest absolute Gasteiger partial charge is 0.0468 e. The highest BCUT2D eigenvalue weighted by Gasteiger charge is 2.20. The van der Waals surface area contributed by atoms with Crippen LogP contribution in [0.1, 0.15) is 17.5 Å². The first-order chi connectivity index (χ1) is 34.7. The summed E-state index contributed by atoms with van der Waals surface area (Å²) in [6, 6.07) is 96.3. The summed E-state index contributed by atoms with van der Waals surface area (Å²) < 4.78 is 0. The molecule has 1 aliphatic carbocycles. The van der Waals surface area contributed by atoms with E-state index in [1.807, 2.05) is 0 Å². The maximum atomic E-state index is 2.37. The summed E-state index contributed by atoms with van der Waals surface area (Å²) in [4.78, 5) is 9.40. The van der Waals surface area contributed by atoms with Crippen molar-refractivity contribution in [3.63, 3.8) is 0 Å². The van der Waals surface area contributed by atoms with Crippen molar-refractivity contribution in [2.24, 2.45) is 0 Å². The van der Waals surface area contributed by atoms with Gasteiger partial charge in [0.25, 0.3) is 0 Å². The molecule has 0 aromatic heterocycles. The van der Waals surface area contributed by atoms with E-state index in [1.54, 1.807) is 0 Å². The second-order valence-corrected chi connectivity index (χ2v) is 17.8. The van der Waals surface area contributed by atoms with Crippen LogP contribution in [0.2, 0.25) is 0 Å². The molecule has 0 N–H and O–H groups in total. The van der Waals surface area contributed by atoms with Gasteiger partial charge in [0, 0.05) is 68.2 Å². The van der Waals surface area contributed by atoms with Crippen molar-refractivity contribution in [3.05, 3.63) is 284 Å². The minimum Gasteiger partial charge on any atom is -0.310 e. The lowest BCUT2D eigenvalue weighted by molar-refractivity contribution is 0.984. The third kappa shape index (κ3) is 8.44. The summed E-state index contributed by atoms with van der Waals surface area (Å²) in [7, 11) is 0. The summed E-state index contributed by atoms with van der Waals surface area (Å²) in [6.07, 6.45) is 6.64. The summed E-state index contributed by atoms with van der Waals surface area (Å²) in [5.74, 6) is 0. The molecule has 0 aliphatic heterocycles. The first-order valence-corrected chi connectivity index (χ1v) is 24.1. The second kappa shape index (κ2) is 18.9. The molecule has 0 amide bonds. The van der Waals surface area contributed by atoms with Gasteiger partial charge >= 0.3 is 0 Å². The van der Waals surface area contributed by atoms with E-state index in [2.05, 4.69) is 299 Å². The van der Waals surface area contributed by atoms with Gasteiger partial charge in [0.2, 0.25) is 0 Å². The Morgan fingerprint density at radius 1 is 0.229 bits per heavy atom. The average molecular weight is 899 g/mol. The molecule has 12 rings (SSSR count). The Morgan fingerprint density at radius 3 is 0.900 bits per heavy atom. The topological polar surface area (TPSA) is 13.0 Å². The number of hydrogen-bond donors (Lipinski definition) is 0. The molecule has 4 heteroatoms. The Labute approximate surface area is 410 Å². The second-order valence-electron chi connectivity index (χ2n) is 17.8. The van der Waals surface area contributed by atoms with Gasteiger partial charge in [-0.2, -0.15) is 0 Å². The van der Waals surface area contributed by atoms with E-state index in [4.69, 9.17) is 0 Å². The molecule has 0 atom stereocenters. The Balaban J connectivity index is 0.957. The van der Waals surface area contributed by atoms with Gasteiger partial charge in [0.05, 0.1) is 0 Å². The maximum absolute atomic E-state index is 2.37. The van der Waals surface area contributed by atoms with Gasteiger partial charge in [-0.15, -0.1) is 0 Å². The predicted octanol–water partition coefficient (Wildman–Crippen LogP) is 18.8. The Morgan fingerprint density at radius 2 is 0.514 bits per heavy atom. The first-order valence-electron chi connectivity index (χ1n) is 24.1. The maximum Gasteiger partial charge on any atom is 0.0468 e. The fraction of sp³-hybridized carbons (Fsp3) is 0.0303. The van der Waals surface area contributed by atoms with Gasteiger partial charge in [0.1, 0.15) is 0 Å². The van der Waals surface area contributed by atoms with E-state index in [-0.39, 0.29) is 0 Å². The van der Waals surface area contributed by atoms with Crippen LogP contribution in [0.3, 0.4) is 0 Å². The minimum absolute atomic E-state index is 1.05. The average Bonchev–Trinajstić information content (AvgIpc) is 3.43. The van der Waals surface area contributed by atoms with Crippen LogP contribution in [0.15, 0.2) is 273 Å². The van der Waals surface area contributed by atoms with E-state index < -0.39 is 0 Å². The van der Waals surface area contributed by atoms with E-state index in [0.717, 1.165) is 81.1 Å². The molecular formula is C66H50N4. The molecule has 0 fully saturated rings. The molecule has 0 bridgehead atoms. The standard InChI is InChI=1S/C66H50N4/c1-4-22-55(23-5-1)68(64-31-28-49-16-10-13-19-52(49)46-64)61-40-34-58(35-41-61)67(59-36-42-62(43-37-59)69(56-24-6-2-7-25-56)65-32-29-50-17-11-14-20-53(50)47-65)60-38-44-63(45-39-60)70(57-26-8-3-9-27-57)66-33-30-51-18-12-15-21-54(51)48-66/h1-14,16-20,22-48H,15,21H2. The fourth-order valence-electron chi connectivity index (χ4n) is 9.96. The molecule has 0 spiro atoms. The SMILES string of the molecule is C1=Cc2ccc(N(c3ccccc3)c3ccc(N(c4ccc(N(c5ccccc5)c5ccc6ccccc6c5)cc4)c4ccc(N(c5ccccc5)c5ccc6ccccc6c5)cc4)cc3)cc2CC1. The molecule has 11 aromatic carbocycles. The Kier molecular flexibility index (Phi) is 11.4. The highest BCUT2D eigenvalue weighted by atomic mass is 15.2. The van der Waals surface area contributed by atoms with Gasteiger partial charge in [0.15, 0.2) is 0 Å². The Bertz CT molecular complexity index is 3420. The molecule has 4 nitrogen and oxygen atoms in total. The van der Waals surface area contributed by atoms with Crippen molar-refractivity contribution in [2.75, 3.05) is 19.6 Å². The van der Waals surface area contributed by atoms with Crippen LogP contribution >= 0.6 is 0 Å². The molecule has 11 aromatic rings. The number of aryl methyl sites for hydroxylation is 1. The third-order valence-corrected chi connectivity index (χ3v) is 13.4. The molecule has 0 heterocycles. The van der Waals surface area contributed by atoms with Crippen molar-refractivity contribution in [1.82, 2.24) is 0 Å². The number of hydrogen-bond acceptors (Lipinski definition) is 4. The van der Waals surface area contributed by atoms with Crippen LogP contribution in [0.5, 0.6) is 0 Å². The van der Waals surface area contributed by atoms with Crippen LogP contribution in [-0.4, -0.2) is 0 Å². The Hall–Kier alpha value is -9.12. The van der Waals surface area contributed by atoms with Crippen molar-refractivity contribution >= 4 is 95.9 Å². The van der Waals surface area contributed by atoms with Crippen LogP contribution in [0.4, 0.5) is 68.2 Å². The van der Waals surface area contributed by atoms with Crippen molar-refractivity contribution in [2.45, 2.75) is 12.8 Å². The molecule has 0 saturated carbocycles. The lowest BCUT2D eigenvalue weighted by atomic mass is 9.96. The van der Waals surface area contributed by atoms with Crippen molar-refractivity contribution < 1.29 is 0 Å². The van der Waals surface area contributed by atoms with Gasteiger partial charge in [-0.25, -0.2) is 0 Å². The molecule has 0 unspecified atom stereocenters. The zero-order valence-electron chi connectivity index (χ0n) is 38.8. The number of allylic oxidation sites excluding steroid dienone is 1. The van der Waals surface area contributed by atoms with Crippen LogP contribution in [-0.2, 0) is 6.42 Å². The van der Waals surface area contributed by atoms with Crippen molar-refractivity contribution in [3.8, 4) is 0 Å². The molecule has 0 radical (unpaired) electrons. The number of para-hydroxylation sites is 3. The van der Waals surface area contributed by atoms with Gasteiger partial charge in [-0.3, -0.25) is 0 Å². The van der Waals surface area contributed by atoms with E-state index >= 15 is 0 Å². The van der Waals surface area contributed by atoms with Crippen LogP contribution in [0.25, 0.3) is 27.6 Å². The normalized spacial score (nSPS) is 11.8. The molecule has 334 valence electrons. The number of benzene rings is 11. The lowest BCUT2D eigenvalue weighted by Crippen LogP contribution is -2.14.